The van der Waals surface area contributed by atoms with E-state index >= 15 is 0 Å². The zero-order valence-corrected chi connectivity index (χ0v) is 4.96. The third-order valence-corrected chi connectivity index (χ3v) is 0.933. The van der Waals surface area contributed by atoms with Crippen LogP contribution in [0.15, 0.2) is 16.7 Å². The third kappa shape index (κ3) is 1.10. The maximum absolute atomic E-state index is 10.0. The number of carbonyl (C=O) groups excluding carboxylic acids is 1. The van der Waals surface area contributed by atoms with Gasteiger partial charge in [0.1, 0.15) is 6.26 Å². The number of hydrogen-bond acceptors (Lipinski definition) is 3. The van der Waals surface area contributed by atoms with Gasteiger partial charge in [-0.3, -0.25) is 4.79 Å². The number of carbonyl (C=O) groups is 1. The van der Waals surface area contributed by atoms with Crippen LogP contribution in [0.2, 0.25) is 0 Å². The Balaban J connectivity index is 2.86. The highest BCUT2D eigenvalue weighted by Crippen LogP contribution is 2.12. The zero-order valence-electron chi connectivity index (χ0n) is 4.96. The van der Waals surface area contributed by atoms with Crippen LogP contribution in [0, 0.1) is 0 Å². The second-order valence-electron chi connectivity index (χ2n) is 1.52. The number of aldehydes is 1. The van der Waals surface area contributed by atoms with Crippen LogP contribution in [0.5, 0.6) is 5.95 Å². The molecule has 0 fully saturated rings. The molecular weight excluding hydrogens is 120 g/mol. The lowest BCUT2D eigenvalue weighted by Gasteiger charge is -1.85. The van der Waals surface area contributed by atoms with Gasteiger partial charge in [-0.1, -0.05) is 0 Å². The van der Waals surface area contributed by atoms with Crippen molar-refractivity contribution in [3.8, 4) is 5.95 Å². The van der Waals surface area contributed by atoms with Gasteiger partial charge in [-0.15, -0.1) is 0 Å². The van der Waals surface area contributed by atoms with Crippen molar-refractivity contribution in [3.63, 3.8) is 0 Å². The van der Waals surface area contributed by atoms with Crippen LogP contribution in [-0.2, 0) is 0 Å². The summed E-state index contributed by atoms with van der Waals surface area (Å²) >= 11 is 0. The summed E-state index contributed by atoms with van der Waals surface area (Å²) < 4.78 is 9.42. The molecule has 3 nitrogen and oxygen atoms in total. The van der Waals surface area contributed by atoms with Gasteiger partial charge in [0.2, 0.25) is 0 Å². The lowest BCUT2D eigenvalue weighted by molar-refractivity contribution is 0.112. The molecule has 0 spiro atoms. The Labute approximate surface area is 52.2 Å². The van der Waals surface area contributed by atoms with E-state index in [9.17, 15) is 4.79 Å². The van der Waals surface area contributed by atoms with Crippen molar-refractivity contribution < 1.29 is 13.9 Å². The summed E-state index contributed by atoms with van der Waals surface area (Å²) in [6.07, 6.45) is 2.04. The first-order valence-electron chi connectivity index (χ1n) is 2.44. The predicted molar refractivity (Wildman–Crippen MR) is 30.6 cm³/mol. The Morgan fingerprint density at radius 1 is 1.78 bits per heavy atom. The quantitative estimate of drug-likeness (QED) is 0.557. The van der Waals surface area contributed by atoms with Crippen molar-refractivity contribution in [3.05, 3.63) is 17.9 Å². The average molecular weight is 126 g/mol. The zero-order chi connectivity index (χ0) is 6.69. The van der Waals surface area contributed by atoms with Gasteiger partial charge >= 0.3 is 0 Å². The predicted octanol–water partition coefficient (Wildman–Crippen LogP) is 1.10. The van der Waals surface area contributed by atoms with Crippen LogP contribution in [0.25, 0.3) is 0 Å². The summed E-state index contributed by atoms with van der Waals surface area (Å²) in [5, 5.41) is 0. The van der Waals surface area contributed by atoms with Gasteiger partial charge in [-0.2, -0.15) is 0 Å². The second kappa shape index (κ2) is 2.35. The molecule has 1 aromatic heterocycles. The van der Waals surface area contributed by atoms with Crippen LogP contribution < -0.4 is 4.74 Å². The molecule has 48 valence electrons. The van der Waals surface area contributed by atoms with Gasteiger partial charge in [-0.05, 0) is 0 Å². The molecule has 0 bridgehead atoms. The average Bonchev–Trinajstić information content (AvgIpc) is 2.34. The van der Waals surface area contributed by atoms with Gasteiger partial charge in [0.25, 0.3) is 5.95 Å². The van der Waals surface area contributed by atoms with Gasteiger partial charge in [0.05, 0.1) is 12.7 Å². The monoisotopic (exact) mass is 126 g/mol. The van der Waals surface area contributed by atoms with E-state index in [4.69, 9.17) is 4.42 Å². The molecule has 1 aromatic rings. The molecule has 1 heterocycles. The lowest BCUT2D eigenvalue weighted by Crippen LogP contribution is -1.76. The first-order valence-corrected chi connectivity index (χ1v) is 2.44. The molecule has 0 atom stereocenters. The number of rotatable bonds is 2. The van der Waals surface area contributed by atoms with Crippen LogP contribution >= 0.6 is 0 Å². The van der Waals surface area contributed by atoms with Crippen LogP contribution in [0.3, 0.4) is 0 Å². The summed E-state index contributed by atoms with van der Waals surface area (Å²) in [6, 6.07) is 1.52. The Kier molecular flexibility index (Phi) is 1.53. The lowest BCUT2D eigenvalue weighted by atomic mass is 10.4. The smallest absolute Gasteiger partial charge is 0.284 e. The van der Waals surface area contributed by atoms with Crippen molar-refractivity contribution in [1.29, 1.82) is 0 Å². The highest BCUT2D eigenvalue weighted by atomic mass is 16.6. The van der Waals surface area contributed by atoms with Crippen LogP contribution in [-0.4, -0.2) is 13.4 Å². The van der Waals surface area contributed by atoms with E-state index in [2.05, 4.69) is 4.74 Å². The Morgan fingerprint density at radius 3 is 2.89 bits per heavy atom. The van der Waals surface area contributed by atoms with Gasteiger partial charge in [0, 0.05) is 6.07 Å². The second-order valence-corrected chi connectivity index (χ2v) is 1.52. The molecular formula is C6H6O3. The Hall–Kier alpha value is -1.25. The maximum atomic E-state index is 10.0. The molecule has 0 saturated heterocycles. The molecule has 9 heavy (non-hydrogen) atoms. The minimum atomic E-state index is 0.358. The minimum absolute atomic E-state index is 0.358. The maximum Gasteiger partial charge on any atom is 0.284 e. The van der Waals surface area contributed by atoms with Gasteiger partial charge in [0.15, 0.2) is 6.29 Å². The molecule has 0 unspecified atom stereocenters. The summed E-state index contributed by atoms with van der Waals surface area (Å²) in [5.74, 6) is 0.358. The summed E-state index contributed by atoms with van der Waals surface area (Å²) in [5.41, 5.74) is 0.492. The standard InChI is InChI=1S/C6H6O3/c1-8-6-2-5(3-7)4-9-6/h2-4H,1H3. The summed E-state index contributed by atoms with van der Waals surface area (Å²) in [7, 11) is 1.48. The Morgan fingerprint density at radius 2 is 2.56 bits per heavy atom. The first kappa shape index (κ1) is 5.88. The van der Waals surface area contributed by atoms with Crippen LogP contribution in [0.4, 0.5) is 0 Å². The molecule has 0 aliphatic carbocycles. The molecule has 0 radical (unpaired) electrons. The number of furan rings is 1. The summed E-state index contributed by atoms with van der Waals surface area (Å²) in [6.45, 7) is 0. The van der Waals surface area contributed by atoms with Gasteiger partial charge in [-0.25, -0.2) is 0 Å². The third-order valence-electron chi connectivity index (χ3n) is 0.933. The highest BCUT2D eigenvalue weighted by Gasteiger charge is 1.96. The molecule has 0 saturated carbocycles. The highest BCUT2D eigenvalue weighted by molar-refractivity contribution is 5.74. The molecule has 0 amide bonds. The summed E-state index contributed by atoms with van der Waals surface area (Å²) in [4.78, 5) is 10.0. The van der Waals surface area contributed by atoms with Crippen LogP contribution in [0.1, 0.15) is 10.4 Å². The molecule has 0 N–H and O–H groups in total. The fourth-order valence-electron chi connectivity index (χ4n) is 0.499. The molecule has 0 aliphatic rings. The largest absolute Gasteiger partial charge is 0.468 e. The topological polar surface area (TPSA) is 39.4 Å². The number of hydrogen-bond donors (Lipinski definition) is 0. The number of methoxy groups -OCH3 is 1. The van der Waals surface area contributed by atoms with E-state index in [1.165, 1.54) is 19.4 Å². The van der Waals surface area contributed by atoms with E-state index in [-0.39, 0.29) is 0 Å². The van der Waals surface area contributed by atoms with Crippen molar-refractivity contribution in [2.24, 2.45) is 0 Å². The molecule has 0 aromatic carbocycles. The van der Waals surface area contributed by atoms with E-state index in [1.807, 2.05) is 0 Å². The SMILES string of the molecule is COc1cc(C=O)co1. The van der Waals surface area contributed by atoms with E-state index in [0.717, 1.165) is 0 Å². The van der Waals surface area contributed by atoms with Gasteiger partial charge < -0.3 is 9.15 Å². The fraction of sp³-hybridized carbons (Fsp3) is 0.167. The van der Waals surface area contributed by atoms with Crippen molar-refractivity contribution >= 4 is 6.29 Å². The fourth-order valence-corrected chi connectivity index (χ4v) is 0.499. The van der Waals surface area contributed by atoms with E-state index in [1.54, 1.807) is 0 Å². The molecule has 3 heteroatoms. The normalized spacial score (nSPS) is 9.00. The molecule has 1 rings (SSSR count). The number of ether oxygens (including phenoxy) is 1. The first-order chi connectivity index (χ1) is 4.36. The molecule has 0 aliphatic heterocycles. The van der Waals surface area contributed by atoms with E-state index < -0.39 is 0 Å². The van der Waals surface area contributed by atoms with Crippen molar-refractivity contribution in [2.75, 3.05) is 7.11 Å². The minimum Gasteiger partial charge on any atom is -0.468 e. The van der Waals surface area contributed by atoms with Crippen molar-refractivity contribution in [1.82, 2.24) is 0 Å². The van der Waals surface area contributed by atoms with Crippen molar-refractivity contribution in [2.45, 2.75) is 0 Å². The van der Waals surface area contributed by atoms with E-state index in [0.29, 0.717) is 17.8 Å². The Bertz CT molecular complexity index is 202.